The number of nitrogens with zero attached hydrogens (tertiary/aromatic N) is 2. The van der Waals surface area contributed by atoms with Gasteiger partial charge >= 0.3 is 5.97 Å². The second-order valence-electron chi connectivity index (χ2n) is 7.97. The summed E-state index contributed by atoms with van der Waals surface area (Å²) in [6, 6.07) is 21.1. The van der Waals surface area contributed by atoms with E-state index in [1.54, 1.807) is 13.2 Å². The first-order valence-corrected chi connectivity index (χ1v) is 12.5. The lowest BCUT2D eigenvalue weighted by Crippen LogP contribution is -2.14. The minimum absolute atomic E-state index is 0.148. The summed E-state index contributed by atoms with van der Waals surface area (Å²) in [5, 5.41) is 1.09. The minimum atomic E-state index is -0.473. The number of aromatic nitrogens is 2. The Labute approximate surface area is 217 Å². The number of benzene rings is 3. The summed E-state index contributed by atoms with van der Waals surface area (Å²) >= 11 is 8.06. The van der Waals surface area contributed by atoms with Crippen molar-refractivity contribution in [3.63, 3.8) is 0 Å². The van der Waals surface area contributed by atoms with Crippen LogP contribution in [0.3, 0.4) is 0 Å². The molecule has 2 heterocycles. The van der Waals surface area contributed by atoms with Gasteiger partial charge in [0.25, 0.3) is 0 Å². The van der Waals surface area contributed by atoms with Crippen LogP contribution in [0.2, 0.25) is 5.02 Å². The highest BCUT2D eigenvalue weighted by atomic mass is 35.5. The SMILES string of the molecule is COC(=O)c1c(SCc2ccc(OC)cc2)nc(-c2ccccc2)n1Cc1cc2c(cc1Cl)OCO2. The van der Waals surface area contributed by atoms with Crippen LogP contribution in [0.4, 0.5) is 0 Å². The van der Waals surface area contributed by atoms with Crippen molar-refractivity contribution in [2.75, 3.05) is 21.0 Å². The number of hydrogen-bond acceptors (Lipinski definition) is 7. The quantitative estimate of drug-likeness (QED) is 0.205. The maximum absolute atomic E-state index is 13.1. The van der Waals surface area contributed by atoms with Gasteiger partial charge in [-0.25, -0.2) is 9.78 Å². The van der Waals surface area contributed by atoms with E-state index in [0.717, 1.165) is 22.4 Å². The molecule has 5 rings (SSSR count). The van der Waals surface area contributed by atoms with Gasteiger partial charge in [0.15, 0.2) is 17.2 Å². The van der Waals surface area contributed by atoms with E-state index < -0.39 is 5.97 Å². The van der Waals surface area contributed by atoms with Crippen LogP contribution in [-0.2, 0) is 17.0 Å². The fraction of sp³-hybridized carbons (Fsp3) is 0.185. The van der Waals surface area contributed by atoms with E-state index in [2.05, 4.69) is 0 Å². The molecule has 0 atom stereocenters. The van der Waals surface area contributed by atoms with Crippen LogP contribution < -0.4 is 14.2 Å². The summed E-state index contributed by atoms with van der Waals surface area (Å²) in [6.07, 6.45) is 0. The van der Waals surface area contributed by atoms with Crippen molar-refractivity contribution in [2.45, 2.75) is 17.3 Å². The summed E-state index contributed by atoms with van der Waals surface area (Å²) in [5.41, 5.74) is 3.08. The van der Waals surface area contributed by atoms with Crippen molar-refractivity contribution < 1.29 is 23.7 Å². The lowest BCUT2D eigenvalue weighted by molar-refractivity contribution is 0.0584. The van der Waals surface area contributed by atoms with E-state index in [1.165, 1.54) is 18.9 Å². The zero-order valence-electron chi connectivity index (χ0n) is 19.7. The molecule has 0 radical (unpaired) electrons. The molecule has 0 aliphatic carbocycles. The van der Waals surface area contributed by atoms with Crippen molar-refractivity contribution in [3.8, 4) is 28.6 Å². The fourth-order valence-corrected chi connectivity index (χ4v) is 5.10. The number of thioether (sulfide) groups is 1. The highest BCUT2D eigenvalue weighted by Gasteiger charge is 2.26. The van der Waals surface area contributed by atoms with Crippen molar-refractivity contribution in [2.24, 2.45) is 0 Å². The molecule has 0 unspecified atom stereocenters. The second kappa shape index (κ2) is 10.6. The van der Waals surface area contributed by atoms with E-state index in [1.807, 2.05) is 65.2 Å². The maximum atomic E-state index is 13.1. The fourth-order valence-electron chi connectivity index (χ4n) is 3.91. The molecule has 4 aromatic rings. The lowest BCUT2D eigenvalue weighted by atomic mass is 10.1. The number of imidazole rings is 1. The van der Waals surface area contributed by atoms with E-state index in [9.17, 15) is 4.79 Å². The Morgan fingerprint density at radius 1 is 1.06 bits per heavy atom. The zero-order chi connectivity index (χ0) is 25.1. The molecule has 0 amide bonds. The van der Waals surface area contributed by atoms with Gasteiger partial charge < -0.3 is 23.5 Å². The van der Waals surface area contributed by atoms with Gasteiger partial charge in [-0.15, -0.1) is 0 Å². The number of carbonyl (C=O) groups is 1. The van der Waals surface area contributed by atoms with Crippen LogP contribution in [0.5, 0.6) is 17.2 Å². The van der Waals surface area contributed by atoms with E-state index in [-0.39, 0.29) is 6.79 Å². The third kappa shape index (κ3) is 4.87. The van der Waals surface area contributed by atoms with Gasteiger partial charge in [-0.3, -0.25) is 0 Å². The van der Waals surface area contributed by atoms with E-state index in [4.69, 9.17) is 35.5 Å². The molecule has 0 saturated carbocycles. The molecule has 1 aliphatic rings. The van der Waals surface area contributed by atoms with Crippen LogP contribution in [0.1, 0.15) is 21.6 Å². The largest absolute Gasteiger partial charge is 0.497 e. The number of carbonyl (C=O) groups excluding carboxylic acids is 1. The van der Waals surface area contributed by atoms with Crippen LogP contribution >= 0.6 is 23.4 Å². The summed E-state index contributed by atoms with van der Waals surface area (Å²) in [5.74, 6) is 2.78. The van der Waals surface area contributed by atoms with Gasteiger partial charge in [0.2, 0.25) is 6.79 Å². The van der Waals surface area contributed by atoms with Gasteiger partial charge in [0.05, 0.1) is 20.8 Å². The Bertz CT molecular complexity index is 1390. The molecule has 0 bridgehead atoms. The molecular formula is C27H23ClN2O5S. The lowest BCUT2D eigenvalue weighted by Gasteiger charge is -2.13. The first-order valence-electron chi connectivity index (χ1n) is 11.2. The van der Waals surface area contributed by atoms with Crippen molar-refractivity contribution in [1.82, 2.24) is 9.55 Å². The van der Waals surface area contributed by atoms with Gasteiger partial charge in [-0.05, 0) is 29.3 Å². The van der Waals surface area contributed by atoms with Gasteiger partial charge in [0, 0.05) is 22.4 Å². The number of hydrogen-bond donors (Lipinski definition) is 0. The minimum Gasteiger partial charge on any atom is -0.497 e. The highest BCUT2D eigenvalue weighted by molar-refractivity contribution is 7.98. The van der Waals surface area contributed by atoms with Crippen molar-refractivity contribution in [3.05, 3.63) is 88.6 Å². The number of fused-ring (bicyclic) bond motifs is 1. The molecule has 0 fully saturated rings. The van der Waals surface area contributed by atoms with Crippen LogP contribution in [0.15, 0.2) is 71.8 Å². The standard InChI is InChI=1S/C27H23ClN2O5S/c1-32-20-10-8-17(9-11-20)15-36-26-24(27(31)33-2)30(25(29-26)18-6-4-3-5-7-18)14-19-12-22-23(13-21(19)28)35-16-34-22/h3-13H,14-16H2,1-2H3. The number of esters is 1. The molecule has 9 heteroatoms. The predicted octanol–water partition coefficient (Wildman–Crippen LogP) is 6.07. The van der Waals surface area contributed by atoms with Crippen molar-refractivity contribution >= 4 is 29.3 Å². The third-order valence-corrected chi connectivity index (χ3v) is 7.14. The molecule has 0 N–H and O–H groups in total. The first kappa shape index (κ1) is 24.1. The molecule has 3 aromatic carbocycles. The van der Waals surface area contributed by atoms with Gasteiger partial charge in [0.1, 0.15) is 16.6 Å². The number of rotatable bonds is 8. The van der Waals surface area contributed by atoms with Crippen LogP contribution in [0.25, 0.3) is 11.4 Å². The zero-order valence-corrected chi connectivity index (χ0v) is 21.3. The number of methoxy groups -OCH3 is 2. The van der Waals surface area contributed by atoms with Crippen LogP contribution in [0, 0.1) is 0 Å². The predicted molar refractivity (Wildman–Crippen MR) is 138 cm³/mol. The van der Waals surface area contributed by atoms with E-state index in [0.29, 0.717) is 45.4 Å². The smallest absolute Gasteiger partial charge is 0.357 e. The molecular weight excluding hydrogens is 500 g/mol. The number of ether oxygens (including phenoxy) is 4. The Balaban J connectivity index is 1.57. The molecule has 184 valence electrons. The summed E-state index contributed by atoms with van der Waals surface area (Å²) in [7, 11) is 3.00. The maximum Gasteiger partial charge on any atom is 0.357 e. The highest BCUT2D eigenvalue weighted by Crippen LogP contribution is 2.38. The summed E-state index contributed by atoms with van der Waals surface area (Å²) < 4.78 is 23.3. The Morgan fingerprint density at radius 2 is 1.78 bits per heavy atom. The first-order chi connectivity index (χ1) is 17.6. The molecule has 0 spiro atoms. The Hall–Kier alpha value is -3.62. The summed E-state index contributed by atoms with van der Waals surface area (Å²) in [6.45, 7) is 0.440. The molecule has 1 aromatic heterocycles. The Morgan fingerprint density at radius 3 is 2.47 bits per heavy atom. The second-order valence-corrected chi connectivity index (χ2v) is 9.34. The normalized spacial score (nSPS) is 12.0. The third-order valence-electron chi connectivity index (χ3n) is 5.75. The monoisotopic (exact) mass is 522 g/mol. The molecule has 1 aliphatic heterocycles. The van der Waals surface area contributed by atoms with Crippen LogP contribution in [-0.4, -0.2) is 36.5 Å². The summed E-state index contributed by atoms with van der Waals surface area (Å²) in [4.78, 5) is 18.0. The van der Waals surface area contributed by atoms with E-state index >= 15 is 0 Å². The topological polar surface area (TPSA) is 71.8 Å². The Kier molecular flexibility index (Phi) is 7.06. The molecule has 7 nitrogen and oxygen atoms in total. The molecule has 0 saturated heterocycles. The number of halogens is 1. The van der Waals surface area contributed by atoms with Gasteiger partial charge in [-0.2, -0.15) is 0 Å². The molecule has 36 heavy (non-hydrogen) atoms. The average Bonchev–Trinajstić information content (AvgIpc) is 3.52. The van der Waals surface area contributed by atoms with Crippen molar-refractivity contribution in [1.29, 1.82) is 0 Å². The average molecular weight is 523 g/mol. The van der Waals surface area contributed by atoms with Gasteiger partial charge in [-0.1, -0.05) is 65.8 Å².